The minimum absolute atomic E-state index is 0.0796. The Morgan fingerprint density at radius 3 is 2.00 bits per heavy atom. The fourth-order valence-corrected chi connectivity index (χ4v) is 7.22. The number of nitrogens with zero attached hydrogens (tertiary/aromatic N) is 2. The van der Waals surface area contributed by atoms with Crippen LogP contribution >= 0.6 is 23.2 Å². The van der Waals surface area contributed by atoms with Gasteiger partial charge in [-0.15, -0.1) is 0 Å². The second kappa shape index (κ2) is 11.5. The number of pyridine rings is 1. The summed E-state index contributed by atoms with van der Waals surface area (Å²) in [6.07, 6.45) is 1.31. The monoisotopic (exact) mass is 596 g/mol. The van der Waals surface area contributed by atoms with Crippen LogP contribution in [0.3, 0.4) is 0 Å². The first-order valence-electron chi connectivity index (χ1n) is 14.1. The van der Waals surface area contributed by atoms with Crippen LogP contribution in [-0.2, 0) is 10.3 Å². The van der Waals surface area contributed by atoms with Gasteiger partial charge in [-0.2, -0.15) is 0 Å². The van der Waals surface area contributed by atoms with Crippen LogP contribution in [0.25, 0.3) is 0 Å². The molecule has 7 nitrogen and oxygen atoms in total. The van der Waals surface area contributed by atoms with Crippen LogP contribution in [0.5, 0.6) is 0 Å². The summed E-state index contributed by atoms with van der Waals surface area (Å²) in [5.74, 6) is 0. The van der Waals surface area contributed by atoms with Crippen LogP contribution in [0, 0.1) is 5.41 Å². The van der Waals surface area contributed by atoms with Gasteiger partial charge in [0.2, 0.25) is 0 Å². The number of nitrogens with two attached hydrogens (primary N) is 2. The van der Waals surface area contributed by atoms with E-state index < -0.39 is 29.3 Å². The molecule has 3 aromatic rings. The summed E-state index contributed by atoms with van der Waals surface area (Å²) < 4.78 is 5.41. The number of fused-ring (bicyclic) bond motifs is 2. The highest BCUT2D eigenvalue weighted by molar-refractivity contribution is 6.32. The van der Waals surface area contributed by atoms with Gasteiger partial charge in [-0.3, -0.25) is 9.88 Å². The standard InChI is InChI=1S/C32H38Cl2N4O3/c1-31(2,3)29(41-30(36)39)27(35)25-13-8-14-26(37-25)32(40)17-19-15-16-20(18-32)38(19)28(21-9-4-6-11-23(21)33)22-10-5-7-12-24(22)34/h4-14,19-20,27-29,40H,15-18,35H2,1-3H3,(H2,36,39). The predicted octanol–water partition coefficient (Wildman–Crippen LogP) is 6.50. The molecule has 5 N–H and O–H groups in total. The molecule has 0 aliphatic carbocycles. The summed E-state index contributed by atoms with van der Waals surface area (Å²) in [7, 11) is 0. The minimum Gasteiger partial charge on any atom is -0.444 e. The largest absolute Gasteiger partial charge is 0.444 e. The lowest BCUT2D eigenvalue weighted by atomic mass is 9.80. The second-order valence-corrected chi connectivity index (χ2v) is 13.2. The number of halogens is 2. The van der Waals surface area contributed by atoms with E-state index in [4.69, 9.17) is 44.4 Å². The Morgan fingerprint density at radius 2 is 1.51 bits per heavy atom. The third kappa shape index (κ3) is 5.97. The molecule has 2 saturated heterocycles. The van der Waals surface area contributed by atoms with Crippen molar-refractivity contribution in [1.29, 1.82) is 0 Å². The highest BCUT2D eigenvalue weighted by Gasteiger charge is 2.52. The molecule has 0 radical (unpaired) electrons. The molecule has 218 valence electrons. The van der Waals surface area contributed by atoms with Crippen LogP contribution in [0.15, 0.2) is 66.7 Å². The van der Waals surface area contributed by atoms with Crippen molar-refractivity contribution in [2.24, 2.45) is 16.9 Å². The van der Waals surface area contributed by atoms with Gasteiger partial charge in [0.1, 0.15) is 11.7 Å². The Kier molecular flexibility index (Phi) is 8.39. The second-order valence-electron chi connectivity index (χ2n) is 12.4. The number of aromatic nitrogens is 1. The Labute approximate surface area is 251 Å². The molecule has 2 bridgehead atoms. The molecule has 1 aromatic heterocycles. The fourth-order valence-electron chi connectivity index (χ4n) is 6.74. The number of ether oxygens (including phenoxy) is 1. The summed E-state index contributed by atoms with van der Waals surface area (Å²) in [5.41, 5.74) is 13.4. The van der Waals surface area contributed by atoms with Crippen molar-refractivity contribution in [3.63, 3.8) is 0 Å². The zero-order chi connectivity index (χ0) is 29.5. The van der Waals surface area contributed by atoms with Gasteiger partial charge in [-0.1, -0.05) is 86.4 Å². The van der Waals surface area contributed by atoms with E-state index in [2.05, 4.69) is 17.0 Å². The third-order valence-electron chi connectivity index (χ3n) is 8.53. The first-order valence-corrected chi connectivity index (χ1v) is 14.8. The van der Waals surface area contributed by atoms with Crippen molar-refractivity contribution in [2.75, 3.05) is 0 Å². The number of carbonyl (C=O) groups excluding carboxylic acids is 1. The molecule has 3 heterocycles. The van der Waals surface area contributed by atoms with Crippen LogP contribution in [0.2, 0.25) is 10.0 Å². The zero-order valence-electron chi connectivity index (χ0n) is 23.6. The predicted molar refractivity (Wildman–Crippen MR) is 162 cm³/mol. The van der Waals surface area contributed by atoms with E-state index in [1.807, 2.05) is 69.3 Å². The summed E-state index contributed by atoms with van der Waals surface area (Å²) >= 11 is 13.5. The molecule has 0 spiro atoms. The van der Waals surface area contributed by atoms with Crippen molar-refractivity contribution in [1.82, 2.24) is 9.88 Å². The lowest BCUT2D eigenvalue weighted by molar-refractivity contribution is -0.0686. The fraction of sp³-hybridized carbons (Fsp3) is 0.438. The van der Waals surface area contributed by atoms with Crippen LogP contribution in [0.4, 0.5) is 4.79 Å². The van der Waals surface area contributed by atoms with Crippen molar-refractivity contribution >= 4 is 29.3 Å². The van der Waals surface area contributed by atoms with Gasteiger partial charge in [0.05, 0.1) is 23.5 Å². The molecule has 41 heavy (non-hydrogen) atoms. The summed E-state index contributed by atoms with van der Waals surface area (Å²) in [6.45, 7) is 5.79. The van der Waals surface area contributed by atoms with Gasteiger partial charge in [0.15, 0.2) is 0 Å². The Balaban J connectivity index is 1.47. The van der Waals surface area contributed by atoms with E-state index in [0.717, 1.165) is 24.0 Å². The molecule has 4 unspecified atom stereocenters. The molecule has 2 aromatic carbocycles. The maximum absolute atomic E-state index is 12.1. The lowest BCUT2D eigenvalue weighted by Crippen LogP contribution is -2.51. The van der Waals surface area contributed by atoms with Crippen molar-refractivity contribution in [3.05, 3.63) is 99.3 Å². The number of aliphatic hydroxyl groups is 1. The maximum Gasteiger partial charge on any atom is 0.404 e. The summed E-state index contributed by atoms with van der Waals surface area (Å²) in [4.78, 5) is 19.0. The van der Waals surface area contributed by atoms with E-state index in [1.54, 1.807) is 6.07 Å². The zero-order valence-corrected chi connectivity index (χ0v) is 25.1. The highest BCUT2D eigenvalue weighted by atomic mass is 35.5. The smallest absolute Gasteiger partial charge is 0.404 e. The van der Waals surface area contributed by atoms with E-state index in [9.17, 15) is 9.90 Å². The van der Waals surface area contributed by atoms with Crippen LogP contribution in [-0.4, -0.2) is 39.3 Å². The van der Waals surface area contributed by atoms with Gasteiger partial charge >= 0.3 is 6.09 Å². The molecule has 5 rings (SSSR count). The third-order valence-corrected chi connectivity index (χ3v) is 9.22. The van der Waals surface area contributed by atoms with Crippen LogP contribution in [0.1, 0.15) is 81.1 Å². The number of benzene rings is 2. The van der Waals surface area contributed by atoms with E-state index >= 15 is 0 Å². The molecule has 4 atom stereocenters. The van der Waals surface area contributed by atoms with E-state index in [0.29, 0.717) is 34.3 Å². The SMILES string of the molecule is CC(C)(C)C(OC(N)=O)C(N)c1cccc(C2(O)CC3CCC(C2)N3C(c2ccccc2Cl)c2ccccc2Cl)n1. The molecular formula is C32H38Cl2N4O3. The van der Waals surface area contributed by atoms with Crippen molar-refractivity contribution in [2.45, 2.75) is 82.3 Å². The Bertz CT molecular complexity index is 1350. The van der Waals surface area contributed by atoms with Gasteiger partial charge in [-0.05, 0) is 61.1 Å². The summed E-state index contributed by atoms with van der Waals surface area (Å²) in [6, 6.07) is 20.6. The van der Waals surface area contributed by atoms with Gasteiger partial charge in [0.25, 0.3) is 0 Å². The molecule has 2 aliphatic rings. The summed E-state index contributed by atoms with van der Waals surface area (Å²) in [5, 5.41) is 13.5. The number of piperidine rings is 1. The van der Waals surface area contributed by atoms with Gasteiger partial charge in [0, 0.05) is 27.5 Å². The normalized spacial score (nSPS) is 24.3. The van der Waals surface area contributed by atoms with Gasteiger partial charge in [-0.25, -0.2) is 4.79 Å². The number of hydrogen-bond donors (Lipinski definition) is 3. The van der Waals surface area contributed by atoms with Crippen LogP contribution < -0.4 is 11.5 Å². The highest BCUT2D eigenvalue weighted by Crippen LogP contribution is 2.51. The van der Waals surface area contributed by atoms with Crippen molar-refractivity contribution in [3.8, 4) is 0 Å². The average molecular weight is 598 g/mol. The Hall–Kier alpha value is -2.68. The number of hydrogen-bond acceptors (Lipinski definition) is 6. The van der Waals surface area contributed by atoms with E-state index in [1.165, 1.54) is 0 Å². The van der Waals surface area contributed by atoms with Gasteiger partial charge < -0.3 is 21.3 Å². The lowest BCUT2D eigenvalue weighted by Gasteiger charge is -2.47. The molecule has 1 amide bonds. The molecule has 0 saturated carbocycles. The molecule has 9 heteroatoms. The average Bonchev–Trinajstić information content (AvgIpc) is 3.19. The first kappa shape index (κ1) is 29.8. The molecular weight excluding hydrogens is 559 g/mol. The topological polar surface area (TPSA) is 115 Å². The molecule has 2 fully saturated rings. The number of carbonyl (C=O) groups is 1. The Morgan fingerprint density at radius 1 is 0.976 bits per heavy atom. The molecule has 2 aliphatic heterocycles. The first-order chi connectivity index (χ1) is 19.4. The number of amides is 1. The van der Waals surface area contributed by atoms with Crippen molar-refractivity contribution < 1.29 is 14.6 Å². The maximum atomic E-state index is 12.1. The minimum atomic E-state index is -1.15. The number of primary amides is 1. The quantitative estimate of drug-likeness (QED) is 0.286. The van der Waals surface area contributed by atoms with E-state index in [-0.39, 0.29) is 18.1 Å². The number of rotatable bonds is 7.